The average Bonchev–Trinajstić information content (AvgIpc) is 2.68. The van der Waals surface area contributed by atoms with E-state index in [-0.39, 0.29) is 24.8 Å². The van der Waals surface area contributed by atoms with E-state index in [1.807, 2.05) is 27.7 Å². The van der Waals surface area contributed by atoms with E-state index in [1.165, 1.54) is 0 Å². The first kappa shape index (κ1) is 14.3. The lowest BCUT2D eigenvalue weighted by atomic mass is 10.1. The van der Waals surface area contributed by atoms with Crippen LogP contribution in [-0.2, 0) is 4.74 Å². The summed E-state index contributed by atoms with van der Waals surface area (Å²) in [5.74, 6) is 0. The Bertz CT molecular complexity index is 254. The fourth-order valence-corrected chi connectivity index (χ4v) is 2.27. The van der Waals surface area contributed by atoms with Crippen LogP contribution in [0, 0.1) is 0 Å². The largest absolute Gasteiger partial charge is 0.444 e. The Morgan fingerprint density at radius 3 is 2.35 bits per heavy atom. The number of hydrogen-bond donors (Lipinski definition) is 1. The number of amides is 1. The molecule has 4 heteroatoms. The van der Waals surface area contributed by atoms with Gasteiger partial charge in [-0.2, -0.15) is 0 Å². The summed E-state index contributed by atoms with van der Waals surface area (Å²) < 4.78 is 5.41. The van der Waals surface area contributed by atoms with Crippen molar-refractivity contribution in [2.75, 3.05) is 6.61 Å². The normalized spacial score (nSPS) is 19.1. The Hall–Kier alpha value is -0.770. The molecule has 1 saturated carbocycles. The Morgan fingerprint density at radius 1 is 1.41 bits per heavy atom. The number of nitrogens with zero attached hydrogens (tertiary/aromatic N) is 1. The zero-order valence-corrected chi connectivity index (χ0v) is 11.4. The van der Waals surface area contributed by atoms with Crippen molar-refractivity contribution >= 4 is 6.09 Å². The average molecular weight is 243 g/mol. The van der Waals surface area contributed by atoms with Gasteiger partial charge in [-0.1, -0.05) is 12.8 Å². The SMILES string of the molecule is C[C@@H](CO)N(C(=O)OC(C)(C)C)C1CCCC1. The molecule has 0 unspecified atom stereocenters. The molecule has 1 rings (SSSR count). The quantitative estimate of drug-likeness (QED) is 0.828. The van der Waals surface area contributed by atoms with E-state index in [4.69, 9.17) is 4.74 Å². The third-order valence-electron chi connectivity index (χ3n) is 3.06. The fraction of sp³-hybridized carbons (Fsp3) is 0.923. The summed E-state index contributed by atoms with van der Waals surface area (Å²) in [6, 6.07) is 0.0555. The molecule has 0 saturated heterocycles. The van der Waals surface area contributed by atoms with Crippen molar-refractivity contribution in [3.63, 3.8) is 0 Å². The van der Waals surface area contributed by atoms with Crippen LogP contribution in [0.25, 0.3) is 0 Å². The highest BCUT2D eigenvalue weighted by atomic mass is 16.6. The number of aliphatic hydroxyl groups is 1. The summed E-state index contributed by atoms with van der Waals surface area (Å²) in [5.41, 5.74) is -0.483. The molecule has 0 spiro atoms. The van der Waals surface area contributed by atoms with Crippen molar-refractivity contribution in [1.82, 2.24) is 4.90 Å². The molecule has 0 aliphatic heterocycles. The van der Waals surface area contributed by atoms with Gasteiger partial charge in [-0.25, -0.2) is 4.79 Å². The van der Waals surface area contributed by atoms with Gasteiger partial charge in [0.05, 0.1) is 12.6 Å². The van der Waals surface area contributed by atoms with Gasteiger partial charge < -0.3 is 14.7 Å². The Labute approximate surface area is 104 Å². The van der Waals surface area contributed by atoms with Crippen molar-refractivity contribution < 1.29 is 14.6 Å². The van der Waals surface area contributed by atoms with Crippen LogP contribution in [0.2, 0.25) is 0 Å². The molecular formula is C13H25NO3. The van der Waals surface area contributed by atoms with Crippen molar-refractivity contribution in [3.8, 4) is 0 Å². The first-order valence-electron chi connectivity index (χ1n) is 6.47. The van der Waals surface area contributed by atoms with Gasteiger partial charge in [0.25, 0.3) is 0 Å². The number of carbonyl (C=O) groups is 1. The van der Waals surface area contributed by atoms with E-state index in [9.17, 15) is 9.90 Å². The molecule has 1 atom stereocenters. The fourth-order valence-electron chi connectivity index (χ4n) is 2.27. The molecule has 1 amide bonds. The predicted octanol–water partition coefficient (Wildman–Crippen LogP) is 2.55. The topological polar surface area (TPSA) is 49.8 Å². The minimum absolute atomic E-state index is 0.0181. The van der Waals surface area contributed by atoms with Crippen LogP contribution in [-0.4, -0.2) is 40.4 Å². The van der Waals surface area contributed by atoms with E-state index in [0.29, 0.717) is 0 Å². The van der Waals surface area contributed by atoms with E-state index in [1.54, 1.807) is 4.90 Å². The molecule has 100 valence electrons. The van der Waals surface area contributed by atoms with Crippen LogP contribution in [0.3, 0.4) is 0 Å². The highest BCUT2D eigenvalue weighted by Crippen LogP contribution is 2.26. The van der Waals surface area contributed by atoms with Crippen LogP contribution in [0.4, 0.5) is 4.79 Å². The van der Waals surface area contributed by atoms with Gasteiger partial charge in [0.2, 0.25) is 0 Å². The van der Waals surface area contributed by atoms with Gasteiger partial charge >= 0.3 is 6.09 Å². The second-order valence-corrected chi connectivity index (χ2v) is 5.86. The molecule has 1 aliphatic rings. The third-order valence-corrected chi connectivity index (χ3v) is 3.06. The van der Waals surface area contributed by atoms with Gasteiger partial charge in [0.15, 0.2) is 0 Å². The Kier molecular flexibility index (Phi) is 4.80. The van der Waals surface area contributed by atoms with Crippen molar-refractivity contribution in [2.24, 2.45) is 0 Å². The van der Waals surface area contributed by atoms with Crippen LogP contribution in [0.15, 0.2) is 0 Å². The minimum atomic E-state index is -0.483. The van der Waals surface area contributed by atoms with Crippen LogP contribution in [0.1, 0.15) is 53.4 Å². The van der Waals surface area contributed by atoms with Gasteiger partial charge in [-0.05, 0) is 40.5 Å². The summed E-state index contributed by atoms with van der Waals surface area (Å²) in [6.45, 7) is 7.43. The van der Waals surface area contributed by atoms with Crippen molar-refractivity contribution in [1.29, 1.82) is 0 Å². The number of carbonyl (C=O) groups excluding carboxylic acids is 1. The third kappa shape index (κ3) is 4.19. The van der Waals surface area contributed by atoms with E-state index < -0.39 is 5.60 Å². The van der Waals surface area contributed by atoms with Gasteiger partial charge in [-0.15, -0.1) is 0 Å². The van der Waals surface area contributed by atoms with Crippen LogP contribution < -0.4 is 0 Å². The molecule has 0 bridgehead atoms. The number of rotatable bonds is 3. The van der Waals surface area contributed by atoms with Crippen molar-refractivity contribution in [2.45, 2.75) is 71.1 Å². The molecule has 1 N–H and O–H groups in total. The molecule has 0 aromatic carbocycles. The number of aliphatic hydroxyl groups excluding tert-OH is 1. The highest BCUT2D eigenvalue weighted by Gasteiger charge is 2.33. The Morgan fingerprint density at radius 2 is 1.94 bits per heavy atom. The number of hydrogen-bond acceptors (Lipinski definition) is 3. The maximum Gasteiger partial charge on any atom is 0.410 e. The van der Waals surface area contributed by atoms with E-state index in [2.05, 4.69) is 0 Å². The second-order valence-electron chi connectivity index (χ2n) is 5.86. The Balaban J connectivity index is 2.71. The lowest BCUT2D eigenvalue weighted by Gasteiger charge is -2.35. The lowest BCUT2D eigenvalue weighted by molar-refractivity contribution is 0.000313. The molecule has 4 nitrogen and oxygen atoms in total. The maximum atomic E-state index is 12.1. The van der Waals surface area contributed by atoms with E-state index >= 15 is 0 Å². The van der Waals surface area contributed by atoms with Crippen LogP contribution in [0.5, 0.6) is 0 Å². The summed E-state index contributed by atoms with van der Waals surface area (Å²) in [5, 5.41) is 9.26. The van der Waals surface area contributed by atoms with Gasteiger partial charge in [0.1, 0.15) is 5.60 Å². The first-order chi connectivity index (χ1) is 7.85. The summed E-state index contributed by atoms with van der Waals surface area (Å²) in [4.78, 5) is 13.9. The summed E-state index contributed by atoms with van der Waals surface area (Å²) >= 11 is 0. The zero-order chi connectivity index (χ0) is 13.1. The zero-order valence-electron chi connectivity index (χ0n) is 11.4. The first-order valence-corrected chi connectivity index (χ1v) is 6.47. The molecule has 17 heavy (non-hydrogen) atoms. The maximum absolute atomic E-state index is 12.1. The smallest absolute Gasteiger partial charge is 0.410 e. The second kappa shape index (κ2) is 5.71. The lowest BCUT2D eigenvalue weighted by Crippen LogP contribution is -2.48. The predicted molar refractivity (Wildman–Crippen MR) is 66.9 cm³/mol. The van der Waals surface area contributed by atoms with Gasteiger partial charge in [0, 0.05) is 6.04 Å². The van der Waals surface area contributed by atoms with Gasteiger partial charge in [-0.3, -0.25) is 0 Å². The molecule has 1 aliphatic carbocycles. The molecule has 0 aromatic rings. The van der Waals surface area contributed by atoms with Crippen LogP contribution >= 0.6 is 0 Å². The number of ether oxygens (including phenoxy) is 1. The highest BCUT2D eigenvalue weighted by molar-refractivity contribution is 5.69. The van der Waals surface area contributed by atoms with Crippen molar-refractivity contribution in [3.05, 3.63) is 0 Å². The van der Waals surface area contributed by atoms with E-state index in [0.717, 1.165) is 25.7 Å². The molecule has 0 heterocycles. The minimum Gasteiger partial charge on any atom is -0.444 e. The molecular weight excluding hydrogens is 218 g/mol. The molecule has 0 radical (unpaired) electrons. The monoisotopic (exact) mass is 243 g/mol. The summed E-state index contributed by atoms with van der Waals surface area (Å²) in [6.07, 6.45) is 4.04. The summed E-state index contributed by atoms with van der Waals surface area (Å²) in [7, 11) is 0. The molecule has 0 aromatic heterocycles. The standard InChI is InChI=1S/C13H25NO3/c1-10(9-15)14(11-7-5-6-8-11)12(16)17-13(2,3)4/h10-11,15H,5-9H2,1-4H3/t10-/m0/s1. The molecule has 1 fully saturated rings.